The fourth-order valence-corrected chi connectivity index (χ4v) is 1.93. The molecule has 0 saturated heterocycles. The first-order chi connectivity index (χ1) is 11.4. The molecule has 1 aliphatic rings. The first kappa shape index (κ1) is 15.7. The highest BCUT2D eigenvalue weighted by molar-refractivity contribution is 5.95. The molecule has 1 N–H and O–H groups in total. The van der Waals surface area contributed by atoms with Crippen LogP contribution in [0.2, 0.25) is 0 Å². The number of pyridine rings is 1. The van der Waals surface area contributed by atoms with E-state index in [1.165, 1.54) is 42.7 Å². The predicted molar refractivity (Wildman–Crippen MR) is 75.8 cm³/mol. The third kappa shape index (κ3) is 3.57. The zero-order valence-electron chi connectivity index (χ0n) is 12.0. The summed E-state index contributed by atoms with van der Waals surface area (Å²) in [5.74, 6) is -1.66. The maximum atomic E-state index is 12.9. The second-order valence-corrected chi connectivity index (χ2v) is 4.69. The normalized spacial score (nSPS) is 14.1. The van der Waals surface area contributed by atoms with Crippen LogP contribution in [0.4, 0.5) is 14.5 Å². The average molecular weight is 336 g/mol. The van der Waals surface area contributed by atoms with Gasteiger partial charge in [-0.05, 0) is 24.3 Å². The predicted octanol–water partition coefficient (Wildman–Crippen LogP) is 2.20. The number of nitrogens with zero attached hydrogens (tertiary/aromatic N) is 1. The molecule has 7 nitrogen and oxygen atoms in total. The number of nitrogens with one attached hydrogen (secondary N) is 1. The molecule has 0 bridgehead atoms. The number of carbonyl (C=O) groups excluding carboxylic acids is 2. The molecule has 0 radical (unpaired) electrons. The van der Waals surface area contributed by atoms with Crippen LogP contribution in [-0.4, -0.2) is 29.8 Å². The summed E-state index contributed by atoms with van der Waals surface area (Å²) in [5, 5.41) is 2.40. The van der Waals surface area contributed by atoms with Gasteiger partial charge < -0.3 is 19.5 Å². The van der Waals surface area contributed by atoms with Crippen LogP contribution in [0.1, 0.15) is 10.4 Å². The second-order valence-electron chi connectivity index (χ2n) is 4.69. The number of amides is 1. The van der Waals surface area contributed by atoms with Crippen molar-refractivity contribution >= 4 is 17.6 Å². The standard InChI is InChI=1S/C15H10F2N2O5/c16-15(17)23-11-2-1-10(7-12(11)24-15)19-13(20)8-22-14(21)9-3-5-18-6-4-9/h1-7H,8H2,(H,19,20). The molecule has 1 aromatic carbocycles. The van der Waals surface area contributed by atoms with Crippen molar-refractivity contribution in [1.82, 2.24) is 4.98 Å². The average Bonchev–Trinajstić information content (AvgIpc) is 2.86. The molecular weight excluding hydrogens is 326 g/mol. The van der Waals surface area contributed by atoms with Crippen molar-refractivity contribution in [3.8, 4) is 11.5 Å². The Hall–Kier alpha value is -3.23. The van der Waals surface area contributed by atoms with Crippen LogP contribution in [0.3, 0.4) is 0 Å². The highest BCUT2D eigenvalue weighted by Crippen LogP contribution is 2.42. The van der Waals surface area contributed by atoms with Gasteiger partial charge in [-0.2, -0.15) is 0 Å². The van der Waals surface area contributed by atoms with E-state index in [9.17, 15) is 18.4 Å². The van der Waals surface area contributed by atoms with E-state index in [-0.39, 0.29) is 22.7 Å². The highest BCUT2D eigenvalue weighted by atomic mass is 19.3. The van der Waals surface area contributed by atoms with Gasteiger partial charge in [-0.25, -0.2) is 4.79 Å². The monoisotopic (exact) mass is 336 g/mol. The number of fused-ring (bicyclic) bond motifs is 1. The summed E-state index contributed by atoms with van der Waals surface area (Å²) < 4.78 is 39.2. The number of hydrogen-bond acceptors (Lipinski definition) is 6. The Morgan fingerprint density at radius 3 is 2.58 bits per heavy atom. The van der Waals surface area contributed by atoms with Gasteiger partial charge in [0.2, 0.25) is 0 Å². The molecule has 124 valence electrons. The van der Waals surface area contributed by atoms with Crippen molar-refractivity contribution in [3.63, 3.8) is 0 Å². The summed E-state index contributed by atoms with van der Waals surface area (Å²) in [5.41, 5.74) is 0.447. The van der Waals surface area contributed by atoms with Crippen LogP contribution in [0, 0.1) is 0 Å². The fraction of sp³-hybridized carbons (Fsp3) is 0.133. The highest BCUT2D eigenvalue weighted by Gasteiger charge is 2.43. The summed E-state index contributed by atoms with van der Waals surface area (Å²) >= 11 is 0. The number of carbonyl (C=O) groups is 2. The largest absolute Gasteiger partial charge is 0.586 e. The van der Waals surface area contributed by atoms with E-state index in [4.69, 9.17) is 4.74 Å². The lowest BCUT2D eigenvalue weighted by atomic mass is 10.2. The number of rotatable bonds is 4. The summed E-state index contributed by atoms with van der Waals surface area (Å²) in [6.45, 7) is -0.536. The lowest BCUT2D eigenvalue weighted by molar-refractivity contribution is -0.286. The number of ether oxygens (including phenoxy) is 3. The number of hydrogen-bond donors (Lipinski definition) is 1. The molecule has 3 rings (SSSR count). The van der Waals surface area contributed by atoms with Gasteiger partial charge in [-0.1, -0.05) is 0 Å². The van der Waals surface area contributed by atoms with E-state index in [0.717, 1.165) is 0 Å². The van der Waals surface area contributed by atoms with Gasteiger partial charge in [0.05, 0.1) is 5.56 Å². The van der Waals surface area contributed by atoms with E-state index in [0.29, 0.717) is 0 Å². The Balaban J connectivity index is 1.56. The Morgan fingerprint density at radius 1 is 1.12 bits per heavy atom. The second kappa shape index (κ2) is 6.11. The van der Waals surface area contributed by atoms with E-state index in [1.807, 2.05) is 0 Å². The molecular formula is C15H10F2N2O5. The number of esters is 1. The zero-order valence-corrected chi connectivity index (χ0v) is 12.0. The van der Waals surface area contributed by atoms with Crippen molar-refractivity contribution < 1.29 is 32.6 Å². The SMILES string of the molecule is O=C(COC(=O)c1ccncc1)Nc1ccc2c(c1)OC(F)(F)O2. The Labute approximate surface area is 134 Å². The summed E-state index contributed by atoms with van der Waals surface area (Å²) in [6, 6.07) is 6.65. The molecule has 24 heavy (non-hydrogen) atoms. The van der Waals surface area contributed by atoms with Gasteiger partial charge in [-0.15, -0.1) is 8.78 Å². The van der Waals surface area contributed by atoms with E-state index in [1.54, 1.807) is 0 Å². The topological polar surface area (TPSA) is 86.8 Å². The third-order valence-electron chi connectivity index (χ3n) is 2.94. The van der Waals surface area contributed by atoms with Crippen molar-refractivity contribution in [1.29, 1.82) is 0 Å². The minimum atomic E-state index is -3.73. The first-order valence-corrected chi connectivity index (χ1v) is 6.70. The van der Waals surface area contributed by atoms with Gasteiger partial charge in [-0.3, -0.25) is 9.78 Å². The number of anilines is 1. The van der Waals surface area contributed by atoms with Gasteiger partial charge in [0.1, 0.15) is 0 Å². The molecule has 0 saturated carbocycles. The van der Waals surface area contributed by atoms with Crippen LogP contribution in [0.25, 0.3) is 0 Å². The Bertz CT molecular complexity index is 783. The van der Waals surface area contributed by atoms with E-state index in [2.05, 4.69) is 19.8 Å². The van der Waals surface area contributed by atoms with Crippen LogP contribution < -0.4 is 14.8 Å². The molecule has 2 heterocycles. The fourth-order valence-electron chi connectivity index (χ4n) is 1.93. The van der Waals surface area contributed by atoms with Crippen LogP contribution in [-0.2, 0) is 9.53 Å². The zero-order chi connectivity index (χ0) is 17.2. The van der Waals surface area contributed by atoms with Gasteiger partial charge >= 0.3 is 12.3 Å². The molecule has 0 atom stereocenters. The molecule has 9 heteroatoms. The Kier molecular flexibility index (Phi) is 3.98. The quantitative estimate of drug-likeness (QED) is 0.862. The maximum absolute atomic E-state index is 12.9. The first-order valence-electron chi connectivity index (χ1n) is 6.70. The number of halogens is 2. The molecule has 0 unspecified atom stereocenters. The lowest BCUT2D eigenvalue weighted by Gasteiger charge is -2.07. The molecule has 1 amide bonds. The molecule has 1 aromatic heterocycles. The smallest absolute Gasteiger partial charge is 0.452 e. The van der Waals surface area contributed by atoms with Crippen molar-refractivity contribution in [2.24, 2.45) is 0 Å². The maximum Gasteiger partial charge on any atom is 0.586 e. The number of benzene rings is 1. The number of aromatic nitrogens is 1. The Morgan fingerprint density at radius 2 is 1.83 bits per heavy atom. The van der Waals surface area contributed by atoms with Crippen LogP contribution >= 0.6 is 0 Å². The molecule has 0 aliphatic carbocycles. The van der Waals surface area contributed by atoms with Gasteiger partial charge in [0.25, 0.3) is 5.91 Å². The molecule has 1 aliphatic heterocycles. The number of alkyl halides is 2. The van der Waals surface area contributed by atoms with Crippen LogP contribution in [0.5, 0.6) is 11.5 Å². The third-order valence-corrected chi connectivity index (χ3v) is 2.94. The van der Waals surface area contributed by atoms with Crippen molar-refractivity contribution in [2.45, 2.75) is 6.29 Å². The van der Waals surface area contributed by atoms with Crippen molar-refractivity contribution in [2.75, 3.05) is 11.9 Å². The molecule has 2 aromatic rings. The van der Waals surface area contributed by atoms with Gasteiger partial charge in [0.15, 0.2) is 18.1 Å². The summed E-state index contributed by atoms with van der Waals surface area (Å²) in [4.78, 5) is 27.2. The van der Waals surface area contributed by atoms with Gasteiger partial charge in [0, 0.05) is 24.1 Å². The minimum Gasteiger partial charge on any atom is -0.452 e. The summed E-state index contributed by atoms with van der Waals surface area (Å²) in [6.07, 6.45) is -0.900. The lowest BCUT2D eigenvalue weighted by Crippen LogP contribution is -2.25. The van der Waals surface area contributed by atoms with Crippen LogP contribution in [0.15, 0.2) is 42.7 Å². The minimum absolute atomic E-state index is 0.137. The summed E-state index contributed by atoms with van der Waals surface area (Å²) in [7, 11) is 0. The molecule has 0 fully saturated rings. The van der Waals surface area contributed by atoms with Crippen molar-refractivity contribution in [3.05, 3.63) is 48.3 Å². The molecule has 0 spiro atoms. The van der Waals surface area contributed by atoms with E-state index < -0.39 is 24.8 Å². The van der Waals surface area contributed by atoms with E-state index >= 15 is 0 Å².